The molecular formula is C37H48ClN3O3. The van der Waals surface area contributed by atoms with Crippen LogP contribution >= 0.6 is 12.4 Å². The third-order valence-electron chi connectivity index (χ3n) is 9.44. The number of amides is 2. The van der Waals surface area contributed by atoms with E-state index in [9.17, 15) is 9.59 Å². The Morgan fingerprint density at radius 3 is 2.09 bits per heavy atom. The standard InChI is InChI=1S/C37H47N3O3.ClH/c1-3-22-40(37(42)43-25-21-29-13-7-4-8-14-29)33-19-23-39(24-20-33)28-32-26-34(27-35(32)30-15-9-5-10-16-30)38(2)36(41)31-17-11-6-12-18-31;/h4-18,32-35H,3,19-28H2,1-2H3;1H. The maximum atomic E-state index is 13.3. The van der Waals surface area contributed by atoms with Gasteiger partial charge in [-0.15, -0.1) is 12.4 Å². The van der Waals surface area contributed by atoms with Gasteiger partial charge < -0.3 is 19.4 Å². The fourth-order valence-corrected chi connectivity index (χ4v) is 7.07. The third kappa shape index (κ3) is 8.64. The van der Waals surface area contributed by atoms with Crippen molar-refractivity contribution in [3.05, 3.63) is 108 Å². The van der Waals surface area contributed by atoms with E-state index in [1.807, 2.05) is 65.4 Å². The molecule has 2 aliphatic rings. The van der Waals surface area contributed by atoms with E-state index >= 15 is 0 Å². The van der Waals surface area contributed by atoms with Crippen LogP contribution in [0.25, 0.3) is 0 Å². The minimum atomic E-state index is -0.176. The summed E-state index contributed by atoms with van der Waals surface area (Å²) in [5, 5.41) is 0. The number of hydrogen-bond donors (Lipinski definition) is 0. The predicted molar refractivity (Wildman–Crippen MR) is 179 cm³/mol. The molecule has 1 heterocycles. The summed E-state index contributed by atoms with van der Waals surface area (Å²) in [5.41, 5.74) is 3.31. The lowest BCUT2D eigenvalue weighted by Crippen LogP contribution is -2.48. The van der Waals surface area contributed by atoms with Crippen molar-refractivity contribution in [2.45, 2.75) is 63.5 Å². The highest BCUT2D eigenvalue weighted by molar-refractivity contribution is 5.94. The average Bonchev–Trinajstić information content (AvgIpc) is 3.48. The van der Waals surface area contributed by atoms with Crippen LogP contribution in [-0.2, 0) is 11.2 Å². The number of halogens is 1. The number of piperidine rings is 1. The van der Waals surface area contributed by atoms with Crippen LogP contribution in [0.4, 0.5) is 4.79 Å². The molecule has 2 amide bonds. The van der Waals surface area contributed by atoms with E-state index in [1.54, 1.807) is 0 Å². The van der Waals surface area contributed by atoms with Crippen LogP contribution in [0, 0.1) is 5.92 Å². The predicted octanol–water partition coefficient (Wildman–Crippen LogP) is 7.30. The Hall–Kier alpha value is -3.35. The first-order chi connectivity index (χ1) is 21.0. The molecule has 7 heteroatoms. The summed E-state index contributed by atoms with van der Waals surface area (Å²) < 4.78 is 5.74. The molecule has 0 radical (unpaired) electrons. The normalized spacial score (nSPS) is 20.5. The molecule has 6 nitrogen and oxygen atoms in total. The van der Waals surface area contributed by atoms with Crippen LogP contribution in [0.2, 0.25) is 0 Å². The van der Waals surface area contributed by atoms with Gasteiger partial charge in [0.05, 0.1) is 6.61 Å². The van der Waals surface area contributed by atoms with Crippen LogP contribution < -0.4 is 0 Å². The van der Waals surface area contributed by atoms with E-state index in [2.05, 4.69) is 54.3 Å². The van der Waals surface area contributed by atoms with Gasteiger partial charge in [-0.25, -0.2) is 4.79 Å². The summed E-state index contributed by atoms with van der Waals surface area (Å²) in [6.07, 6.45) is 5.40. The zero-order valence-electron chi connectivity index (χ0n) is 26.2. The maximum Gasteiger partial charge on any atom is 0.410 e. The Morgan fingerprint density at radius 2 is 1.45 bits per heavy atom. The molecule has 236 valence electrons. The van der Waals surface area contributed by atoms with Crippen LogP contribution in [-0.4, -0.2) is 78.6 Å². The smallest absolute Gasteiger partial charge is 0.410 e. The van der Waals surface area contributed by atoms with Crippen molar-refractivity contribution < 1.29 is 14.3 Å². The molecule has 1 saturated carbocycles. The first-order valence-electron chi connectivity index (χ1n) is 16.1. The Morgan fingerprint density at radius 1 is 0.841 bits per heavy atom. The first kappa shape index (κ1) is 33.5. The molecule has 3 atom stereocenters. The summed E-state index contributed by atoms with van der Waals surface area (Å²) in [7, 11) is 1.97. The highest BCUT2D eigenvalue weighted by Crippen LogP contribution is 2.42. The molecule has 0 aromatic heterocycles. The van der Waals surface area contributed by atoms with Crippen LogP contribution in [0.1, 0.15) is 66.4 Å². The van der Waals surface area contributed by atoms with Crippen molar-refractivity contribution in [3.63, 3.8) is 0 Å². The number of likely N-dealkylation sites (tertiary alicyclic amines) is 1. The zero-order valence-corrected chi connectivity index (χ0v) is 27.0. The molecule has 2 fully saturated rings. The summed E-state index contributed by atoms with van der Waals surface area (Å²) >= 11 is 0. The maximum absolute atomic E-state index is 13.3. The van der Waals surface area contributed by atoms with Crippen molar-refractivity contribution in [3.8, 4) is 0 Å². The van der Waals surface area contributed by atoms with Crippen molar-refractivity contribution in [2.75, 3.05) is 39.8 Å². The second-order valence-electron chi connectivity index (χ2n) is 12.3. The number of nitrogens with zero attached hydrogens (tertiary/aromatic N) is 3. The van der Waals surface area contributed by atoms with E-state index in [1.165, 1.54) is 11.1 Å². The van der Waals surface area contributed by atoms with Crippen LogP contribution in [0.5, 0.6) is 0 Å². The molecule has 0 bridgehead atoms. The van der Waals surface area contributed by atoms with Gasteiger partial charge in [0.1, 0.15) is 0 Å². The quantitative estimate of drug-likeness (QED) is 0.227. The van der Waals surface area contributed by atoms with Gasteiger partial charge >= 0.3 is 6.09 Å². The highest BCUT2D eigenvalue weighted by Gasteiger charge is 2.40. The molecule has 3 aromatic carbocycles. The van der Waals surface area contributed by atoms with E-state index in [4.69, 9.17) is 4.74 Å². The fourth-order valence-electron chi connectivity index (χ4n) is 7.07. The second-order valence-corrected chi connectivity index (χ2v) is 12.3. The largest absolute Gasteiger partial charge is 0.449 e. The minimum absolute atomic E-state index is 0. The van der Waals surface area contributed by atoms with E-state index in [0.29, 0.717) is 18.4 Å². The minimum Gasteiger partial charge on any atom is -0.449 e. The number of rotatable bonds is 11. The number of benzene rings is 3. The molecule has 5 rings (SSSR count). The number of ether oxygens (including phenoxy) is 1. The fraction of sp³-hybridized carbons (Fsp3) is 0.459. The molecule has 1 aliphatic heterocycles. The molecule has 1 saturated heterocycles. The summed E-state index contributed by atoms with van der Waals surface area (Å²) in [6.45, 7) is 6.24. The SMILES string of the molecule is CCCN(C(=O)OCCc1ccccc1)C1CCN(CC2CC(N(C)C(=O)c3ccccc3)CC2c2ccccc2)CC1.Cl. The van der Waals surface area contributed by atoms with E-state index in [-0.39, 0.29) is 36.5 Å². The topological polar surface area (TPSA) is 53.1 Å². The van der Waals surface area contributed by atoms with E-state index in [0.717, 1.165) is 70.3 Å². The molecule has 0 N–H and O–H groups in total. The van der Waals surface area contributed by atoms with Crippen molar-refractivity contribution in [1.29, 1.82) is 0 Å². The Bertz CT molecular complexity index is 1290. The van der Waals surface area contributed by atoms with Gasteiger partial charge in [0.25, 0.3) is 5.91 Å². The Kier molecular flexibility index (Phi) is 12.7. The van der Waals surface area contributed by atoms with Gasteiger partial charge in [0.15, 0.2) is 0 Å². The van der Waals surface area contributed by atoms with Crippen molar-refractivity contribution in [1.82, 2.24) is 14.7 Å². The first-order valence-corrected chi connectivity index (χ1v) is 16.1. The van der Waals surface area contributed by atoms with Gasteiger partial charge in [0, 0.05) is 57.3 Å². The average molecular weight is 618 g/mol. The lowest BCUT2D eigenvalue weighted by Gasteiger charge is -2.39. The van der Waals surface area contributed by atoms with E-state index < -0.39 is 0 Å². The van der Waals surface area contributed by atoms with Gasteiger partial charge in [-0.1, -0.05) is 85.8 Å². The van der Waals surface area contributed by atoms with Gasteiger partial charge in [0.2, 0.25) is 0 Å². The zero-order chi connectivity index (χ0) is 30.0. The molecular weight excluding hydrogens is 570 g/mol. The molecule has 1 aliphatic carbocycles. The second kappa shape index (κ2) is 16.6. The lowest BCUT2D eigenvalue weighted by molar-refractivity contribution is 0.0615. The lowest BCUT2D eigenvalue weighted by atomic mass is 9.88. The highest BCUT2D eigenvalue weighted by atomic mass is 35.5. The summed E-state index contributed by atoms with van der Waals surface area (Å²) in [4.78, 5) is 32.9. The molecule has 0 spiro atoms. The number of hydrogen-bond acceptors (Lipinski definition) is 4. The third-order valence-corrected chi connectivity index (χ3v) is 9.44. The Balaban J connectivity index is 0.00000442. The van der Waals surface area contributed by atoms with Gasteiger partial charge in [-0.2, -0.15) is 0 Å². The van der Waals surface area contributed by atoms with Gasteiger partial charge in [-0.05, 0) is 67.2 Å². The number of carbonyl (C=O) groups is 2. The van der Waals surface area contributed by atoms with Crippen LogP contribution in [0.3, 0.4) is 0 Å². The van der Waals surface area contributed by atoms with Gasteiger partial charge in [-0.3, -0.25) is 4.79 Å². The Labute approximate surface area is 269 Å². The summed E-state index contributed by atoms with van der Waals surface area (Å²) in [6, 6.07) is 31.1. The molecule has 3 aromatic rings. The van der Waals surface area contributed by atoms with Crippen LogP contribution in [0.15, 0.2) is 91.0 Å². The number of carbonyl (C=O) groups excluding carboxylic acids is 2. The molecule has 3 unspecified atom stereocenters. The molecule has 44 heavy (non-hydrogen) atoms. The summed E-state index contributed by atoms with van der Waals surface area (Å²) in [5.74, 6) is 1.00. The monoisotopic (exact) mass is 617 g/mol. The van der Waals surface area contributed by atoms with Crippen molar-refractivity contribution >= 4 is 24.4 Å². The van der Waals surface area contributed by atoms with Crippen molar-refractivity contribution in [2.24, 2.45) is 5.92 Å².